The highest BCUT2D eigenvalue weighted by molar-refractivity contribution is 5.85. The highest BCUT2D eigenvalue weighted by Crippen LogP contribution is 2.41. The molecule has 2 saturated heterocycles. The molecule has 0 N–H and O–H groups in total. The molecule has 0 aliphatic carbocycles. The van der Waals surface area contributed by atoms with Gasteiger partial charge in [-0.1, -0.05) is 13.8 Å². The van der Waals surface area contributed by atoms with Crippen molar-refractivity contribution in [3.05, 3.63) is 0 Å². The lowest BCUT2D eigenvalue weighted by Gasteiger charge is -2.27. The Hall–Kier alpha value is -0.610. The zero-order chi connectivity index (χ0) is 9.64. The van der Waals surface area contributed by atoms with Gasteiger partial charge in [-0.2, -0.15) is 0 Å². The minimum absolute atomic E-state index is 0.0648. The summed E-state index contributed by atoms with van der Waals surface area (Å²) >= 11 is 0. The number of rotatable bonds is 1. The number of carbonyl (C=O) groups is 1. The van der Waals surface area contributed by atoms with E-state index in [0.29, 0.717) is 13.2 Å². The molecule has 2 aliphatic rings. The molecule has 0 bridgehead atoms. The van der Waals surface area contributed by atoms with Gasteiger partial charge in [-0.05, 0) is 0 Å². The molecule has 1 amide bonds. The van der Waals surface area contributed by atoms with E-state index in [4.69, 9.17) is 9.47 Å². The summed E-state index contributed by atoms with van der Waals surface area (Å²) in [5, 5.41) is 0. The van der Waals surface area contributed by atoms with Crippen LogP contribution >= 0.6 is 0 Å². The van der Waals surface area contributed by atoms with E-state index in [2.05, 4.69) is 0 Å². The molecule has 0 aromatic carbocycles. The number of hydrogen-bond donors (Lipinski definition) is 0. The minimum Gasteiger partial charge on any atom is -0.371 e. The number of amides is 1. The van der Waals surface area contributed by atoms with Crippen molar-refractivity contribution in [1.29, 1.82) is 0 Å². The summed E-state index contributed by atoms with van der Waals surface area (Å²) in [6.07, 6.45) is -0.442. The maximum absolute atomic E-state index is 11.8. The van der Waals surface area contributed by atoms with Gasteiger partial charge in [0.25, 0.3) is 5.91 Å². The first-order valence-electron chi connectivity index (χ1n) is 4.54. The van der Waals surface area contributed by atoms with Crippen molar-refractivity contribution in [3.8, 4) is 0 Å². The molecule has 13 heavy (non-hydrogen) atoms. The molecule has 0 spiro atoms. The van der Waals surface area contributed by atoms with Gasteiger partial charge in [0.1, 0.15) is 12.3 Å². The fourth-order valence-electron chi connectivity index (χ4n) is 2.31. The lowest BCUT2D eigenvalue weighted by molar-refractivity contribution is -0.137. The minimum atomic E-state index is -0.349. The Bertz CT molecular complexity index is 239. The average molecular weight is 185 g/mol. The molecular formula is C9H15NO3. The smallest absolute Gasteiger partial charge is 0.254 e. The quantitative estimate of drug-likeness (QED) is 0.587. The first kappa shape index (κ1) is 8.97. The van der Waals surface area contributed by atoms with Crippen LogP contribution in [0.2, 0.25) is 0 Å². The first-order valence-corrected chi connectivity index (χ1v) is 4.54. The van der Waals surface area contributed by atoms with Gasteiger partial charge in [-0.3, -0.25) is 4.79 Å². The van der Waals surface area contributed by atoms with Gasteiger partial charge in [-0.25, -0.2) is 0 Å². The van der Waals surface area contributed by atoms with E-state index in [9.17, 15) is 4.79 Å². The Morgan fingerprint density at radius 3 is 2.85 bits per heavy atom. The van der Waals surface area contributed by atoms with E-state index in [1.54, 1.807) is 12.0 Å². The normalized spacial score (nSPS) is 36.8. The van der Waals surface area contributed by atoms with Crippen LogP contribution in [0.1, 0.15) is 13.8 Å². The van der Waals surface area contributed by atoms with Gasteiger partial charge >= 0.3 is 0 Å². The Labute approximate surface area is 77.8 Å². The summed E-state index contributed by atoms with van der Waals surface area (Å²) < 4.78 is 10.7. The van der Waals surface area contributed by atoms with Crippen molar-refractivity contribution >= 4 is 5.91 Å². The second-order valence-electron chi connectivity index (χ2n) is 4.19. The standard InChI is InChI=1S/C9H15NO3/c1-9(2)6(12-3)7(11)10-4-5-13-8(9)10/h6,8H,4-5H2,1-3H3/t6-,8-/m1/s1. The molecule has 2 fully saturated rings. The third-order valence-corrected chi connectivity index (χ3v) is 2.95. The Morgan fingerprint density at radius 2 is 2.31 bits per heavy atom. The molecule has 0 aromatic heterocycles. The van der Waals surface area contributed by atoms with Gasteiger partial charge in [-0.15, -0.1) is 0 Å². The number of methoxy groups -OCH3 is 1. The lowest BCUT2D eigenvalue weighted by Crippen LogP contribution is -2.36. The Kier molecular flexibility index (Phi) is 1.85. The molecule has 0 unspecified atom stereocenters. The Morgan fingerprint density at radius 1 is 1.62 bits per heavy atom. The summed E-state index contributed by atoms with van der Waals surface area (Å²) in [7, 11) is 1.58. The maximum atomic E-state index is 11.8. The summed E-state index contributed by atoms with van der Waals surface area (Å²) in [5.74, 6) is 0.0648. The second kappa shape index (κ2) is 2.69. The molecule has 4 nitrogen and oxygen atoms in total. The predicted octanol–water partition coefficient (Wildman–Crippen LogP) is 0.226. The highest BCUT2D eigenvalue weighted by Gasteiger charge is 2.56. The molecule has 2 rings (SSSR count). The third kappa shape index (κ3) is 1.02. The topological polar surface area (TPSA) is 38.8 Å². The van der Waals surface area contributed by atoms with Crippen molar-refractivity contribution in [3.63, 3.8) is 0 Å². The largest absolute Gasteiger partial charge is 0.371 e. The second-order valence-corrected chi connectivity index (χ2v) is 4.19. The maximum Gasteiger partial charge on any atom is 0.254 e. The van der Waals surface area contributed by atoms with Crippen LogP contribution in [0.25, 0.3) is 0 Å². The van der Waals surface area contributed by atoms with Crippen molar-refractivity contribution < 1.29 is 14.3 Å². The number of ether oxygens (including phenoxy) is 2. The monoisotopic (exact) mass is 185 g/mol. The molecule has 0 aromatic rings. The zero-order valence-electron chi connectivity index (χ0n) is 8.24. The molecule has 2 aliphatic heterocycles. The van der Waals surface area contributed by atoms with Crippen molar-refractivity contribution in [1.82, 2.24) is 4.90 Å². The van der Waals surface area contributed by atoms with Crippen LogP contribution in [-0.4, -0.2) is 43.4 Å². The fraction of sp³-hybridized carbons (Fsp3) is 0.889. The van der Waals surface area contributed by atoms with E-state index in [-0.39, 0.29) is 23.7 Å². The van der Waals surface area contributed by atoms with Crippen LogP contribution < -0.4 is 0 Å². The van der Waals surface area contributed by atoms with Gasteiger partial charge in [0.05, 0.1) is 6.61 Å². The van der Waals surface area contributed by atoms with E-state index in [1.807, 2.05) is 13.8 Å². The first-order chi connectivity index (χ1) is 6.09. The van der Waals surface area contributed by atoms with Crippen molar-refractivity contribution in [2.75, 3.05) is 20.3 Å². The number of carbonyl (C=O) groups excluding carboxylic acids is 1. The molecule has 2 atom stereocenters. The van der Waals surface area contributed by atoms with Crippen molar-refractivity contribution in [2.45, 2.75) is 26.2 Å². The van der Waals surface area contributed by atoms with Crippen LogP contribution in [0.4, 0.5) is 0 Å². The summed E-state index contributed by atoms with van der Waals surface area (Å²) in [4.78, 5) is 13.5. The van der Waals surface area contributed by atoms with Gasteiger partial charge in [0.2, 0.25) is 0 Å². The van der Waals surface area contributed by atoms with Crippen LogP contribution in [-0.2, 0) is 14.3 Å². The summed E-state index contributed by atoms with van der Waals surface area (Å²) in [6.45, 7) is 5.37. The third-order valence-electron chi connectivity index (χ3n) is 2.95. The molecular weight excluding hydrogens is 170 g/mol. The van der Waals surface area contributed by atoms with E-state index in [0.717, 1.165) is 0 Å². The molecule has 2 heterocycles. The SMILES string of the molecule is CO[C@@H]1C(=O)N2CCO[C@@H]2C1(C)C. The average Bonchev–Trinajstić information content (AvgIpc) is 2.57. The molecule has 0 saturated carbocycles. The van der Waals surface area contributed by atoms with E-state index in [1.165, 1.54) is 0 Å². The number of fused-ring (bicyclic) bond motifs is 1. The molecule has 74 valence electrons. The van der Waals surface area contributed by atoms with Gasteiger partial charge < -0.3 is 14.4 Å². The zero-order valence-corrected chi connectivity index (χ0v) is 8.24. The lowest BCUT2D eigenvalue weighted by atomic mass is 9.88. The molecule has 4 heteroatoms. The van der Waals surface area contributed by atoms with Crippen LogP contribution in [0, 0.1) is 5.41 Å². The fourth-order valence-corrected chi connectivity index (χ4v) is 2.31. The van der Waals surface area contributed by atoms with Gasteiger partial charge in [0.15, 0.2) is 0 Å². The van der Waals surface area contributed by atoms with Crippen LogP contribution in [0.15, 0.2) is 0 Å². The van der Waals surface area contributed by atoms with Crippen molar-refractivity contribution in [2.24, 2.45) is 5.41 Å². The Balaban J connectivity index is 2.31. The number of hydrogen-bond acceptors (Lipinski definition) is 3. The van der Waals surface area contributed by atoms with Gasteiger partial charge in [0, 0.05) is 19.1 Å². The predicted molar refractivity (Wildman–Crippen MR) is 46.0 cm³/mol. The molecule has 0 radical (unpaired) electrons. The van der Waals surface area contributed by atoms with E-state index < -0.39 is 0 Å². The van der Waals surface area contributed by atoms with E-state index >= 15 is 0 Å². The number of nitrogens with zero attached hydrogens (tertiary/aromatic N) is 1. The van der Waals surface area contributed by atoms with Crippen LogP contribution in [0.3, 0.4) is 0 Å². The summed E-state index contributed by atoms with van der Waals surface area (Å²) in [5.41, 5.74) is -0.234. The highest BCUT2D eigenvalue weighted by atomic mass is 16.5. The summed E-state index contributed by atoms with van der Waals surface area (Å²) in [6, 6.07) is 0. The van der Waals surface area contributed by atoms with Crippen LogP contribution in [0.5, 0.6) is 0 Å².